The van der Waals surface area contributed by atoms with Gasteiger partial charge in [-0.05, 0) is 79.9 Å². The average molecular weight is 559 g/mol. The number of carbonyl (C=O) groups is 2. The van der Waals surface area contributed by atoms with Crippen molar-refractivity contribution in [3.8, 4) is 17.2 Å². The fourth-order valence-corrected chi connectivity index (χ4v) is 5.77. The largest absolute Gasteiger partial charge is 0.507 e. The highest BCUT2D eigenvalue weighted by Gasteiger charge is 2.48. The molecule has 9 heteroatoms. The van der Waals surface area contributed by atoms with Crippen molar-refractivity contribution in [2.45, 2.75) is 33.2 Å². The molecule has 0 radical (unpaired) electrons. The van der Waals surface area contributed by atoms with Gasteiger partial charge in [-0.1, -0.05) is 30.4 Å². The highest BCUT2D eigenvalue weighted by atomic mass is 32.1. The standard InChI is InChI=1S/C31H30N2O6S/c1-5-15-39-21-11-8-19(9-12-21)28(34)26-27(20-10-14-23(38-6-2)24(17-20)37-4)33(30(36)29(26)35)31-32-22-13-7-18(3)16-25(22)40-31/h7-14,16-17,27,34H,5-6,15H2,1-4H3. The summed E-state index contributed by atoms with van der Waals surface area (Å²) in [5, 5.41) is 11.8. The lowest BCUT2D eigenvalue weighted by molar-refractivity contribution is -0.132. The number of anilines is 1. The number of carbonyl (C=O) groups excluding carboxylic acids is 2. The Morgan fingerprint density at radius 3 is 2.48 bits per heavy atom. The van der Waals surface area contributed by atoms with E-state index < -0.39 is 17.7 Å². The van der Waals surface area contributed by atoms with Gasteiger partial charge in [-0.2, -0.15) is 0 Å². The molecule has 1 saturated heterocycles. The van der Waals surface area contributed by atoms with Crippen LogP contribution in [-0.4, -0.2) is 42.1 Å². The number of methoxy groups -OCH3 is 1. The Kier molecular flexibility index (Phi) is 7.75. The van der Waals surface area contributed by atoms with Crippen LogP contribution in [-0.2, 0) is 9.59 Å². The Bertz CT molecular complexity index is 1610. The number of aliphatic hydroxyl groups is 1. The second-order valence-corrected chi connectivity index (χ2v) is 10.4. The summed E-state index contributed by atoms with van der Waals surface area (Å²) >= 11 is 1.32. The Morgan fingerprint density at radius 1 is 1.00 bits per heavy atom. The maximum Gasteiger partial charge on any atom is 0.301 e. The fourth-order valence-electron chi connectivity index (χ4n) is 4.68. The number of aliphatic hydroxyl groups excluding tert-OH is 1. The normalized spacial score (nSPS) is 16.5. The molecule has 1 unspecified atom stereocenters. The first-order valence-corrected chi connectivity index (χ1v) is 13.9. The third-order valence-corrected chi connectivity index (χ3v) is 7.60. The van der Waals surface area contributed by atoms with Crippen LogP contribution < -0.4 is 19.1 Å². The number of aromatic nitrogens is 1. The van der Waals surface area contributed by atoms with Crippen LogP contribution in [0.1, 0.15) is 43.0 Å². The number of fused-ring (bicyclic) bond motifs is 1. The zero-order valence-electron chi connectivity index (χ0n) is 22.8. The summed E-state index contributed by atoms with van der Waals surface area (Å²) in [5.74, 6) is -0.213. The third kappa shape index (κ3) is 5.00. The summed E-state index contributed by atoms with van der Waals surface area (Å²) in [6.45, 7) is 6.88. The van der Waals surface area contributed by atoms with E-state index in [0.29, 0.717) is 46.7 Å². The predicted molar refractivity (Wildman–Crippen MR) is 156 cm³/mol. The topological polar surface area (TPSA) is 98.2 Å². The van der Waals surface area contributed by atoms with Gasteiger partial charge in [0.05, 0.1) is 42.2 Å². The number of hydrogen-bond acceptors (Lipinski definition) is 8. The molecule has 0 saturated carbocycles. The lowest BCUT2D eigenvalue weighted by Crippen LogP contribution is -2.29. The SMILES string of the molecule is CCCOc1ccc(C(O)=C2C(=O)C(=O)N(c3nc4ccc(C)cc4s3)C2c2ccc(OCC)c(OC)c2)cc1. The molecule has 40 heavy (non-hydrogen) atoms. The molecule has 1 atom stereocenters. The number of thiazole rings is 1. The van der Waals surface area contributed by atoms with E-state index >= 15 is 0 Å². The minimum atomic E-state index is -0.942. The monoisotopic (exact) mass is 558 g/mol. The van der Waals surface area contributed by atoms with Gasteiger partial charge in [0.25, 0.3) is 5.78 Å². The molecule has 206 valence electrons. The van der Waals surface area contributed by atoms with E-state index in [1.165, 1.54) is 23.3 Å². The van der Waals surface area contributed by atoms with Crippen LogP contribution in [0.15, 0.2) is 66.2 Å². The molecule has 2 heterocycles. The molecular formula is C31H30N2O6S. The number of ether oxygens (including phenoxy) is 3. The van der Waals surface area contributed by atoms with Gasteiger partial charge in [0.1, 0.15) is 11.5 Å². The second-order valence-electron chi connectivity index (χ2n) is 9.35. The number of rotatable bonds is 9. The summed E-state index contributed by atoms with van der Waals surface area (Å²) in [7, 11) is 1.52. The molecule has 4 aromatic rings. The maximum absolute atomic E-state index is 13.6. The predicted octanol–water partition coefficient (Wildman–Crippen LogP) is 6.43. The van der Waals surface area contributed by atoms with Crippen molar-refractivity contribution in [3.63, 3.8) is 0 Å². The van der Waals surface area contributed by atoms with E-state index in [9.17, 15) is 14.7 Å². The van der Waals surface area contributed by atoms with Gasteiger partial charge < -0.3 is 19.3 Å². The molecule has 1 aliphatic heterocycles. The Hall–Kier alpha value is -4.37. The lowest BCUT2D eigenvalue weighted by Gasteiger charge is -2.24. The van der Waals surface area contributed by atoms with Crippen LogP contribution in [0.5, 0.6) is 17.2 Å². The van der Waals surface area contributed by atoms with Gasteiger partial charge in [-0.25, -0.2) is 4.98 Å². The molecule has 0 aliphatic carbocycles. The van der Waals surface area contributed by atoms with E-state index in [0.717, 1.165) is 22.2 Å². The summed E-state index contributed by atoms with van der Waals surface area (Å²) in [4.78, 5) is 33.2. The van der Waals surface area contributed by atoms with Gasteiger partial charge in [-0.15, -0.1) is 0 Å². The molecule has 1 aliphatic rings. The summed E-state index contributed by atoms with van der Waals surface area (Å²) in [6.07, 6.45) is 0.863. The van der Waals surface area contributed by atoms with Crippen LogP contribution >= 0.6 is 11.3 Å². The number of nitrogens with zero attached hydrogens (tertiary/aromatic N) is 2. The third-order valence-electron chi connectivity index (χ3n) is 6.59. The van der Waals surface area contributed by atoms with E-state index in [2.05, 4.69) is 4.98 Å². The summed E-state index contributed by atoms with van der Waals surface area (Å²) < 4.78 is 17.8. The minimum absolute atomic E-state index is 0.0334. The molecule has 5 rings (SSSR count). The lowest BCUT2D eigenvalue weighted by atomic mass is 9.95. The zero-order valence-corrected chi connectivity index (χ0v) is 23.6. The van der Waals surface area contributed by atoms with Gasteiger partial charge in [0, 0.05) is 5.56 Å². The highest BCUT2D eigenvalue weighted by Crippen LogP contribution is 2.46. The van der Waals surface area contributed by atoms with Crippen molar-refractivity contribution >= 4 is 44.1 Å². The Labute approximate surface area is 236 Å². The smallest absolute Gasteiger partial charge is 0.301 e. The van der Waals surface area contributed by atoms with Crippen molar-refractivity contribution in [2.75, 3.05) is 25.2 Å². The van der Waals surface area contributed by atoms with Crippen LogP contribution in [0.25, 0.3) is 16.0 Å². The van der Waals surface area contributed by atoms with Crippen molar-refractivity contribution in [2.24, 2.45) is 0 Å². The van der Waals surface area contributed by atoms with Gasteiger partial charge >= 0.3 is 5.91 Å². The number of Topliss-reactive ketones (excluding diaryl/α,β-unsaturated/α-hetero) is 1. The molecule has 0 spiro atoms. The molecule has 1 amide bonds. The first-order chi connectivity index (χ1) is 19.4. The second kappa shape index (κ2) is 11.4. The van der Waals surface area contributed by atoms with Gasteiger partial charge in [-0.3, -0.25) is 14.5 Å². The Balaban J connectivity index is 1.67. The van der Waals surface area contributed by atoms with Crippen molar-refractivity contribution in [3.05, 3.63) is 82.9 Å². The maximum atomic E-state index is 13.6. The first kappa shape index (κ1) is 27.2. The minimum Gasteiger partial charge on any atom is -0.507 e. The number of hydrogen-bond donors (Lipinski definition) is 1. The fraction of sp³-hybridized carbons (Fsp3) is 0.258. The quantitative estimate of drug-likeness (QED) is 0.144. The Morgan fingerprint density at radius 2 is 1.77 bits per heavy atom. The van der Waals surface area contributed by atoms with Crippen LogP contribution in [0.2, 0.25) is 0 Å². The van der Waals surface area contributed by atoms with E-state index in [1.54, 1.807) is 42.5 Å². The summed E-state index contributed by atoms with van der Waals surface area (Å²) in [6, 6.07) is 16.9. The molecule has 8 nitrogen and oxygen atoms in total. The van der Waals surface area contributed by atoms with Crippen molar-refractivity contribution in [1.29, 1.82) is 0 Å². The molecule has 3 aromatic carbocycles. The van der Waals surface area contributed by atoms with E-state index in [4.69, 9.17) is 14.2 Å². The molecule has 0 bridgehead atoms. The first-order valence-electron chi connectivity index (χ1n) is 13.1. The van der Waals surface area contributed by atoms with Gasteiger partial charge in [0.2, 0.25) is 0 Å². The van der Waals surface area contributed by atoms with E-state index in [-0.39, 0.29) is 11.3 Å². The molecule has 1 fully saturated rings. The number of aryl methyl sites for hydroxylation is 1. The molecule has 1 N–H and O–H groups in total. The number of benzene rings is 3. The number of ketones is 1. The number of amides is 1. The molecule has 1 aromatic heterocycles. The van der Waals surface area contributed by atoms with Crippen molar-refractivity contribution < 1.29 is 28.9 Å². The van der Waals surface area contributed by atoms with Crippen molar-refractivity contribution in [1.82, 2.24) is 4.98 Å². The van der Waals surface area contributed by atoms with Gasteiger partial charge in [0.15, 0.2) is 16.6 Å². The van der Waals surface area contributed by atoms with E-state index in [1.807, 2.05) is 39.0 Å². The zero-order chi connectivity index (χ0) is 28.4. The molecular weight excluding hydrogens is 528 g/mol. The summed E-state index contributed by atoms with van der Waals surface area (Å²) in [5.41, 5.74) is 2.71. The average Bonchev–Trinajstić information content (AvgIpc) is 3.49. The van der Waals surface area contributed by atoms with Crippen LogP contribution in [0, 0.1) is 6.92 Å². The highest BCUT2D eigenvalue weighted by molar-refractivity contribution is 7.22. The van der Waals surface area contributed by atoms with Crippen LogP contribution in [0.4, 0.5) is 5.13 Å². The van der Waals surface area contributed by atoms with Crippen LogP contribution in [0.3, 0.4) is 0 Å².